The van der Waals surface area contributed by atoms with Crippen LogP contribution in [-0.2, 0) is 0 Å². The summed E-state index contributed by atoms with van der Waals surface area (Å²) in [6, 6.07) is 0.616. The van der Waals surface area contributed by atoms with Crippen LogP contribution in [0, 0.1) is 6.92 Å². The van der Waals surface area contributed by atoms with E-state index in [2.05, 4.69) is 38.1 Å². The van der Waals surface area contributed by atoms with Gasteiger partial charge in [-0.3, -0.25) is 0 Å². The summed E-state index contributed by atoms with van der Waals surface area (Å²) in [5, 5.41) is 3.48. The number of rotatable bonds is 0. The highest BCUT2D eigenvalue weighted by Gasteiger charge is 2.29. The summed E-state index contributed by atoms with van der Waals surface area (Å²) in [6.45, 7) is 5.42. The molecule has 0 aliphatic carbocycles. The van der Waals surface area contributed by atoms with Crippen LogP contribution < -0.4 is 10.2 Å². The van der Waals surface area contributed by atoms with Crippen LogP contribution in [0.4, 0.5) is 5.82 Å². The Bertz CT molecular complexity index is 438. The van der Waals surface area contributed by atoms with Crippen molar-refractivity contribution in [1.82, 2.24) is 10.3 Å². The van der Waals surface area contributed by atoms with Gasteiger partial charge >= 0.3 is 0 Å². The van der Waals surface area contributed by atoms with Crippen LogP contribution in [0.25, 0.3) is 0 Å². The molecule has 1 saturated heterocycles. The van der Waals surface area contributed by atoms with Crippen LogP contribution in [0.15, 0.2) is 15.6 Å². The average Bonchev–Trinajstić information content (AvgIpc) is 2.54. The molecule has 0 radical (unpaired) electrons. The van der Waals surface area contributed by atoms with E-state index in [9.17, 15) is 0 Å². The second-order valence-corrected chi connectivity index (χ2v) is 6.53. The first-order valence-corrected chi connectivity index (χ1v) is 7.80. The molecule has 5 heteroatoms. The van der Waals surface area contributed by atoms with E-state index in [4.69, 9.17) is 0 Å². The summed E-state index contributed by atoms with van der Waals surface area (Å²) < 4.78 is 1.12. The lowest BCUT2D eigenvalue weighted by atomic mass is 10.1. The molecule has 0 unspecified atom stereocenters. The van der Waals surface area contributed by atoms with Gasteiger partial charge in [0, 0.05) is 42.1 Å². The first-order chi connectivity index (χ1) is 8.27. The van der Waals surface area contributed by atoms with Gasteiger partial charge in [-0.25, -0.2) is 4.98 Å². The van der Waals surface area contributed by atoms with Crippen molar-refractivity contribution in [2.75, 3.05) is 30.3 Å². The van der Waals surface area contributed by atoms with Crippen LogP contribution in [0.1, 0.15) is 12.0 Å². The highest BCUT2D eigenvalue weighted by Crippen LogP contribution is 2.39. The summed E-state index contributed by atoms with van der Waals surface area (Å²) >= 11 is 5.54. The molecule has 0 aromatic carbocycles. The van der Waals surface area contributed by atoms with E-state index in [0.29, 0.717) is 6.04 Å². The molecule has 3 rings (SSSR count). The van der Waals surface area contributed by atoms with Crippen LogP contribution in [-0.4, -0.2) is 36.4 Å². The predicted octanol–water partition coefficient (Wildman–Crippen LogP) is 2.43. The maximum atomic E-state index is 4.65. The van der Waals surface area contributed by atoms with E-state index in [1.807, 2.05) is 18.0 Å². The number of nitrogens with one attached hydrogen (secondary N) is 1. The third-order valence-corrected chi connectivity index (χ3v) is 5.54. The monoisotopic (exact) mass is 313 g/mol. The molecule has 2 aliphatic rings. The SMILES string of the molecule is Cc1c(Br)cnc2c1SCC[C@@H]1CNCCN21. The summed E-state index contributed by atoms with van der Waals surface area (Å²) in [5.74, 6) is 2.38. The number of piperazine rings is 1. The minimum atomic E-state index is 0.616. The number of hydrogen-bond donors (Lipinski definition) is 1. The number of thioether (sulfide) groups is 1. The topological polar surface area (TPSA) is 28.2 Å². The molecular weight excluding hydrogens is 298 g/mol. The molecular formula is C12H16BrN3S. The number of anilines is 1. The van der Waals surface area contributed by atoms with Gasteiger partial charge in [0.1, 0.15) is 5.82 Å². The predicted molar refractivity (Wildman–Crippen MR) is 76.0 cm³/mol. The standard InChI is InChI=1S/C12H16BrN3S/c1-8-10(13)7-15-12-11(8)17-5-2-9-6-14-3-4-16(9)12/h7,9,14H,2-6H2,1H3/t9-/m1/s1. The van der Waals surface area contributed by atoms with E-state index in [1.54, 1.807) is 0 Å². The van der Waals surface area contributed by atoms with Gasteiger partial charge in [0.25, 0.3) is 0 Å². The van der Waals surface area contributed by atoms with Crippen LogP contribution in [0.5, 0.6) is 0 Å². The smallest absolute Gasteiger partial charge is 0.142 e. The highest BCUT2D eigenvalue weighted by molar-refractivity contribution is 9.10. The van der Waals surface area contributed by atoms with Gasteiger partial charge in [-0.15, -0.1) is 11.8 Å². The summed E-state index contributed by atoms with van der Waals surface area (Å²) in [7, 11) is 0. The minimum Gasteiger partial charge on any atom is -0.350 e. The van der Waals surface area contributed by atoms with Gasteiger partial charge < -0.3 is 10.2 Å². The maximum Gasteiger partial charge on any atom is 0.142 e. The molecule has 0 saturated carbocycles. The zero-order valence-corrected chi connectivity index (χ0v) is 12.3. The Morgan fingerprint density at radius 3 is 3.35 bits per heavy atom. The average molecular weight is 314 g/mol. The molecule has 0 bridgehead atoms. The lowest BCUT2D eigenvalue weighted by Gasteiger charge is -2.36. The molecule has 17 heavy (non-hydrogen) atoms. The quantitative estimate of drug-likeness (QED) is 0.796. The Morgan fingerprint density at radius 2 is 2.47 bits per heavy atom. The third kappa shape index (κ3) is 2.09. The van der Waals surface area contributed by atoms with E-state index >= 15 is 0 Å². The molecule has 3 nitrogen and oxygen atoms in total. The first kappa shape index (κ1) is 11.8. The van der Waals surface area contributed by atoms with Crippen LogP contribution >= 0.6 is 27.7 Å². The number of aromatic nitrogens is 1. The Labute approximate surface area is 114 Å². The van der Waals surface area contributed by atoms with Crippen molar-refractivity contribution < 1.29 is 0 Å². The zero-order valence-electron chi connectivity index (χ0n) is 9.87. The van der Waals surface area contributed by atoms with Crippen LogP contribution in [0.2, 0.25) is 0 Å². The molecule has 1 atom stereocenters. The normalized spacial score (nSPS) is 23.9. The number of hydrogen-bond acceptors (Lipinski definition) is 4. The fourth-order valence-corrected chi connectivity index (χ4v) is 4.17. The van der Waals surface area contributed by atoms with Crippen molar-refractivity contribution in [3.8, 4) is 0 Å². The van der Waals surface area contributed by atoms with E-state index in [-0.39, 0.29) is 0 Å². The van der Waals surface area contributed by atoms with Crippen molar-refractivity contribution >= 4 is 33.5 Å². The van der Waals surface area contributed by atoms with Gasteiger partial charge in [-0.1, -0.05) is 0 Å². The van der Waals surface area contributed by atoms with Crippen molar-refractivity contribution in [3.63, 3.8) is 0 Å². The van der Waals surface area contributed by atoms with Gasteiger partial charge in [0.15, 0.2) is 0 Å². The molecule has 1 aromatic heterocycles. The molecule has 0 amide bonds. The largest absolute Gasteiger partial charge is 0.350 e. The van der Waals surface area contributed by atoms with Gasteiger partial charge in [-0.2, -0.15) is 0 Å². The van der Waals surface area contributed by atoms with Crippen molar-refractivity contribution in [3.05, 3.63) is 16.2 Å². The van der Waals surface area contributed by atoms with Crippen molar-refractivity contribution in [2.24, 2.45) is 0 Å². The molecule has 1 fully saturated rings. The fraction of sp³-hybridized carbons (Fsp3) is 0.583. The van der Waals surface area contributed by atoms with Crippen molar-refractivity contribution in [2.45, 2.75) is 24.3 Å². The minimum absolute atomic E-state index is 0.616. The summed E-state index contributed by atoms with van der Waals surface area (Å²) in [5.41, 5.74) is 1.33. The zero-order chi connectivity index (χ0) is 11.8. The van der Waals surface area contributed by atoms with Crippen LogP contribution in [0.3, 0.4) is 0 Å². The van der Waals surface area contributed by atoms with Crippen molar-refractivity contribution in [1.29, 1.82) is 0 Å². The van der Waals surface area contributed by atoms with Gasteiger partial charge in [-0.05, 0) is 34.8 Å². The molecule has 1 aromatic rings. The maximum absolute atomic E-state index is 4.65. The third-order valence-electron chi connectivity index (χ3n) is 3.52. The molecule has 2 aliphatic heterocycles. The molecule has 3 heterocycles. The molecule has 1 N–H and O–H groups in total. The lowest BCUT2D eigenvalue weighted by Crippen LogP contribution is -2.51. The number of nitrogens with zero attached hydrogens (tertiary/aromatic N) is 2. The van der Waals surface area contributed by atoms with Gasteiger partial charge in [0.05, 0.1) is 4.90 Å². The number of fused-ring (bicyclic) bond motifs is 3. The van der Waals surface area contributed by atoms with Gasteiger partial charge in [0.2, 0.25) is 0 Å². The second kappa shape index (κ2) is 4.78. The highest BCUT2D eigenvalue weighted by atomic mass is 79.9. The summed E-state index contributed by atoms with van der Waals surface area (Å²) in [4.78, 5) is 8.51. The van der Waals surface area contributed by atoms with E-state index < -0.39 is 0 Å². The van der Waals surface area contributed by atoms with E-state index in [1.165, 1.54) is 28.5 Å². The Morgan fingerprint density at radius 1 is 1.59 bits per heavy atom. The number of halogens is 1. The second-order valence-electron chi connectivity index (χ2n) is 4.57. The Kier molecular flexibility index (Phi) is 3.32. The van der Waals surface area contributed by atoms with E-state index in [0.717, 1.165) is 24.1 Å². The first-order valence-electron chi connectivity index (χ1n) is 6.02. The molecule has 0 spiro atoms. The Hall–Kier alpha value is -0.260. The lowest BCUT2D eigenvalue weighted by molar-refractivity contribution is 0.465. The number of pyridine rings is 1. The Balaban J connectivity index is 2.06. The summed E-state index contributed by atoms with van der Waals surface area (Å²) in [6.07, 6.45) is 3.18. The molecule has 92 valence electrons. The fourth-order valence-electron chi connectivity index (χ4n) is 2.52.